The van der Waals surface area contributed by atoms with Crippen LogP contribution in [0.25, 0.3) is 16.5 Å². The van der Waals surface area contributed by atoms with Crippen LogP contribution in [0.3, 0.4) is 0 Å². The Morgan fingerprint density at radius 3 is 2.22 bits per heavy atom. The lowest BCUT2D eigenvalue weighted by Gasteiger charge is -2.22. The predicted octanol–water partition coefficient (Wildman–Crippen LogP) is 3.51. The van der Waals surface area contributed by atoms with Crippen molar-refractivity contribution in [2.75, 3.05) is 21.3 Å². The molecule has 0 bridgehead atoms. The SMILES string of the molecule is COc1cccc(OC)c1-n1c(CS(=O)(=O)[C@@H](C)[C@H](OC)c2ncc(C)cn2)nnc1-c1nc(C)cs1. The van der Waals surface area contributed by atoms with Crippen LogP contribution in [0.15, 0.2) is 36.0 Å². The van der Waals surface area contributed by atoms with Crippen molar-refractivity contribution in [3.05, 3.63) is 58.9 Å². The largest absolute Gasteiger partial charge is 0.494 e. The quantitative estimate of drug-likeness (QED) is 0.292. The number of ether oxygens (including phenoxy) is 3. The molecule has 37 heavy (non-hydrogen) atoms. The van der Waals surface area contributed by atoms with Gasteiger partial charge in [0.25, 0.3) is 0 Å². The molecule has 0 aliphatic carbocycles. The van der Waals surface area contributed by atoms with Gasteiger partial charge >= 0.3 is 0 Å². The molecule has 0 aliphatic heterocycles. The summed E-state index contributed by atoms with van der Waals surface area (Å²) < 4.78 is 45.8. The molecule has 3 heterocycles. The lowest BCUT2D eigenvalue weighted by molar-refractivity contribution is 0.0947. The van der Waals surface area contributed by atoms with E-state index in [4.69, 9.17) is 14.2 Å². The summed E-state index contributed by atoms with van der Waals surface area (Å²) in [5.74, 6) is 1.34. The van der Waals surface area contributed by atoms with Crippen molar-refractivity contribution in [1.82, 2.24) is 29.7 Å². The number of hydrogen-bond acceptors (Lipinski definition) is 11. The molecule has 0 radical (unpaired) electrons. The van der Waals surface area contributed by atoms with E-state index in [1.165, 1.54) is 32.7 Å². The van der Waals surface area contributed by atoms with Crippen LogP contribution >= 0.6 is 11.3 Å². The third kappa shape index (κ3) is 5.33. The zero-order valence-corrected chi connectivity index (χ0v) is 23.0. The second-order valence-corrected chi connectivity index (χ2v) is 11.6. The van der Waals surface area contributed by atoms with Gasteiger partial charge in [-0.25, -0.2) is 23.4 Å². The Kier molecular flexibility index (Phi) is 7.85. The van der Waals surface area contributed by atoms with E-state index in [1.54, 1.807) is 42.1 Å². The Balaban J connectivity index is 1.82. The molecule has 3 aromatic heterocycles. The van der Waals surface area contributed by atoms with Crippen LogP contribution < -0.4 is 9.47 Å². The Morgan fingerprint density at radius 2 is 1.68 bits per heavy atom. The lowest BCUT2D eigenvalue weighted by atomic mass is 10.2. The topological polar surface area (TPSA) is 131 Å². The van der Waals surface area contributed by atoms with Crippen molar-refractivity contribution in [1.29, 1.82) is 0 Å². The number of thiazole rings is 1. The summed E-state index contributed by atoms with van der Waals surface area (Å²) in [5, 5.41) is 10.1. The fourth-order valence-corrected chi connectivity index (χ4v) is 6.04. The Bertz CT molecular complexity index is 1460. The minimum Gasteiger partial charge on any atom is -0.494 e. The number of hydrogen-bond donors (Lipinski definition) is 0. The molecule has 2 atom stereocenters. The van der Waals surface area contributed by atoms with Crippen molar-refractivity contribution in [2.45, 2.75) is 37.9 Å². The van der Waals surface area contributed by atoms with Gasteiger partial charge in [-0.05, 0) is 38.5 Å². The van der Waals surface area contributed by atoms with E-state index in [-0.39, 0.29) is 11.6 Å². The molecular formula is C24H28N6O5S2. The summed E-state index contributed by atoms with van der Waals surface area (Å²) in [6.45, 7) is 5.30. The highest BCUT2D eigenvalue weighted by Crippen LogP contribution is 2.37. The van der Waals surface area contributed by atoms with E-state index in [9.17, 15) is 8.42 Å². The van der Waals surface area contributed by atoms with Crippen LogP contribution in [0, 0.1) is 13.8 Å². The molecule has 4 rings (SSSR count). The maximum absolute atomic E-state index is 13.7. The van der Waals surface area contributed by atoms with Crippen molar-refractivity contribution in [3.63, 3.8) is 0 Å². The number of aryl methyl sites for hydroxylation is 2. The van der Waals surface area contributed by atoms with Crippen molar-refractivity contribution < 1.29 is 22.6 Å². The summed E-state index contributed by atoms with van der Waals surface area (Å²) in [6.07, 6.45) is 2.38. The predicted molar refractivity (Wildman–Crippen MR) is 139 cm³/mol. The highest BCUT2D eigenvalue weighted by molar-refractivity contribution is 7.91. The molecule has 13 heteroatoms. The zero-order valence-electron chi connectivity index (χ0n) is 21.4. The number of sulfone groups is 1. The first kappa shape index (κ1) is 26.6. The molecular weight excluding hydrogens is 516 g/mol. The highest BCUT2D eigenvalue weighted by atomic mass is 32.2. The van der Waals surface area contributed by atoms with E-state index in [0.29, 0.717) is 28.0 Å². The summed E-state index contributed by atoms with van der Waals surface area (Å²) >= 11 is 1.38. The van der Waals surface area contributed by atoms with Crippen LogP contribution in [0.1, 0.15) is 35.9 Å². The van der Waals surface area contributed by atoms with Crippen molar-refractivity contribution in [3.8, 4) is 28.0 Å². The molecule has 0 N–H and O–H groups in total. The molecule has 0 fully saturated rings. The van der Waals surface area contributed by atoms with E-state index in [1.807, 2.05) is 19.2 Å². The number of nitrogens with zero attached hydrogens (tertiary/aromatic N) is 6. The van der Waals surface area contributed by atoms with Crippen LogP contribution in [0.2, 0.25) is 0 Å². The van der Waals surface area contributed by atoms with Crippen molar-refractivity contribution in [2.24, 2.45) is 0 Å². The molecule has 0 saturated carbocycles. The number of para-hydroxylation sites is 1. The van der Waals surface area contributed by atoms with Crippen LogP contribution in [-0.4, -0.2) is 64.7 Å². The second kappa shape index (κ2) is 10.9. The van der Waals surface area contributed by atoms with Crippen LogP contribution in [0.4, 0.5) is 0 Å². The number of rotatable bonds is 10. The Hall–Kier alpha value is -3.42. The van der Waals surface area contributed by atoms with Gasteiger partial charge in [-0.15, -0.1) is 21.5 Å². The number of methoxy groups -OCH3 is 3. The average Bonchev–Trinajstić information content (AvgIpc) is 3.50. The van der Waals surface area contributed by atoms with Crippen LogP contribution in [-0.2, 0) is 20.3 Å². The first-order valence-electron chi connectivity index (χ1n) is 11.3. The fourth-order valence-electron chi connectivity index (χ4n) is 3.85. The first-order chi connectivity index (χ1) is 17.7. The molecule has 0 spiro atoms. The minimum absolute atomic E-state index is 0.178. The van der Waals surface area contributed by atoms with Gasteiger partial charge < -0.3 is 14.2 Å². The van der Waals surface area contributed by atoms with Crippen molar-refractivity contribution >= 4 is 21.2 Å². The van der Waals surface area contributed by atoms with E-state index >= 15 is 0 Å². The molecule has 0 unspecified atom stereocenters. The van der Waals surface area contributed by atoms with Gasteiger partial charge in [-0.1, -0.05) is 6.07 Å². The smallest absolute Gasteiger partial charge is 0.197 e. The Labute approximate surface area is 219 Å². The van der Waals surface area contributed by atoms with Gasteiger partial charge in [0.2, 0.25) is 0 Å². The Morgan fingerprint density at radius 1 is 1.03 bits per heavy atom. The van der Waals surface area contributed by atoms with Gasteiger partial charge in [0.05, 0.1) is 19.5 Å². The maximum atomic E-state index is 13.7. The molecule has 0 aliphatic rings. The van der Waals surface area contributed by atoms with Gasteiger partial charge in [0.15, 0.2) is 32.3 Å². The zero-order chi connectivity index (χ0) is 26.7. The summed E-state index contributed by atoms with van der Waals surface area (Å²) in [4.78, 5) is 13.1. The van der Waals surface area contributed by atoms with E-state index < -0.39 is 26.9 Å². The summed E-state index contributed by atoms with van der Waals surface area (Å²) in [5.41, 5.74) is 2.15. The average molecular weight is 545 g/mol. The molecule has 1 aromatic carbocycles. The summed E-state index contributed by atoms with van der Waals surface area (Å²) in [6, 6.07) is 5.29. The lowest BCUT2D eigenvalue weighted by Crippen LogP contribution is -2.30. The summed E-state index contributed by atoms with van der Waals surface area (Å²) in [7, 11) is 0.646. The van der Waals surface area contributed by atoms with Gasteiger partial charge in [0, 0.05) is 30.6 Å². The van der Waals surface area contributed by atoms with Gasteiger partial charge in [-0.3, -0.25) is 4.57 Å². The third-order valence-corrected chi connectivity index (χ3v) is 8.79. The molecule has 196 valence electrons. The van der Waals surface area contributed by atoms with E-state index in [0.717, 1.165) is 11.3 Å². The number of benzene rings is 1. The molecule has 0 saturated heterocycles. The normalized spacial score (nSPS) is 13.4. The second-order valence-electron chi connectivity index (χ2n) is 8.37. The minimum atomic E-state index is -3.84. The highest BCUT2D eigenvalue weighted by Gasteiger charge is 2.35. The first-order valence-corrected chi connectivity index (χ1v) is 13.9. The molecule has 0 amide bonds. The van der Waals surface area contributed by atoms with Crippen LogP contribution in [0.5, 0.6) is 11.5 Å². The van der Waals surface area contributed by atoms with Gasteiger partial charge in [0.1, 0.15) is 29.0 Å². The monoisotopic (exact) mass is 544 g/mol. The molecule has 11 nitrogen and oxygen atoms in total. The third-order valence-electron chi connectivity index (χ3n) is 5.80. The standard InChI is InChI=1S/C24H28N6O5S2/c1-14-10-25-22(26-11-14)21(35-6)16(3)37(31,32)13-19-28-29-23(24-27-15(2)12-36-24)30(19)20-17(33-4)8-7-9-18(20)34-5/h7-12,16,21H,13H2,1-6H3/t16-,21-/m0/s1. The molecule has 4 aromatic rings. The fraction of sp³-hybridized carbons (Fsp3) is 0.375. The number of aromatic nitrogens is 6. The van der Waals surface area contributed by atoms with E-state index in [2.05, 4.69) is 25.1 Å². The maximum Gasteiger partial charge on any atom is 0.197 e. The van der Waals surface area contributed by atoms with Gasteiger partial charge in [-0.2, -0.15) is 0 Å².